The van der Waals surface area contributed by atoms with Gasteiger partial charge in [-0.05, 0) is 97.8 Å². The molecule has 1 saturated heterocycles. The van der Waals surface area contributed by atoms with E-state index in [0.717, 1.165) is 19.2 Å². The monoisotopic (exact) mass is 668 g/mol. The number of amidine groups is 1. The lowest BCUT2D eigenvalue weighted by Crippen LogP contribution is -2.23. The first-order valence-electron chi connectivity index (χ1n) is 10.1. The molecule has 3 aromatic rings. The minimum atomic E-state index is -0.120. The molecule has 0 saturated carbocycles. The van der Waals surface area contributed by atoms with Crippen LogP contribution in [0.5, 0.6) is 11.5 Å². The van der Waals surface area contributed by atoms with Gasteiger partial charge in [0.1, 0.15) is 6.61 Å². The van der Waals surface area contributed by atoms with Gasteiger partial charge in [0.25, 0.3) is 5.91 Å². The molecule has 4 rings (SSSR count). The summed E-state index contributed by atoms with van der Waals surface area (Å²) in [4.78, 5) is 19.6. The normalized spacial score (nSPS) is 15.9. The topological polar surface area (TPSA) is 51.1 Å². The number of amides is 1. The van der Waals surface area contributed by atoms with E-state index in [1.54, 1.807) is 20.2 Å². The smallest absolute Gasteiger partial charge is 0.266 e. The molecular formula is C25H19BrClIN2O3S. The van der Waals surface area contributed by atoms with Crippen LogP contribution in [0, 0.1) is 3.57 Å². The highest BCUT2D eigenvalue weighted by molar-refractivity contribution is 14.1. The standard InChI is InChI=1S/C25H19BrClIN2O3S/c1-30-24(31)22(34-25(30)29-17-8-9-18(26)19(27)13-17)12-16-10-20(28)23(21(11-16)32-2)33-14-15-6-4-3-5-7-15/h3-13H,14H2,1-2H3/b22-12-,29-25?. The van der Waals surface area contributed by atoms with E-state index in [2.05, 4.69) is 43.5 Å². The number of thioether (sulfide) groups is 1. The predicted molar refractivity (Wildman–Crippen MR) is 151 cm³/mol. The van der Waals surface area contributed by atoms with E-state index < -0.39 is 0 Å². The molecule has 0 unspecified atom stereocenters. The molecule has 34 heavy (non-hydrogen) atoms. The molecular weight excluding hydrogens is 651 g/mol. The largest absolute Gasteiger partial charge is 0.493 e. The van der Waals surface area contributed by atoms with Crippen LogP contribution in [0.3, 0.4) is 0 Å². The number of hydrogen-bond acceptors (Lipinski definition) is 5. The van der Waals surface area contributed by atoms with Gasteiger partial charge >= 0.3 is 0 Å². The molecule has 0 aliphatic carbocycles. The van der Waals surface area contributed by atoms with Crippen molar-refractivity contribution in [3.05, 3.63) is 89.8 Å². The van der Waals surface area contributed by atoms with Crippen LogP contribution < -0.4 is 9.47 Å². The Morgan fingerprint density at radius 1 is 1.18 bits per heavy atom. The average Bonchev–Trinajstić information content (AvgIpc) is 3.08. The van der Waals surface area contributed by atoms with E-state index in [1.165, 1.54) is 16.7 Å². The molecule has 1 aliphatic heterocycles. The summed E-state index contributed by atoms with van der Waals surface area (Å²) in [7, 11) is 3.31. The Hall–Kier alpha value is -2.01. The maximum absolute atomic E-state index is 12.9. The van der Waals surface area contributed by atoms with Crippen molar-refractivity contribution in [1.29, 1.82) is 0 Å². The SMILES string of the molecule is COc1cc(/C=C2\SC(=Nc3ccc(Br)c(Cl)c3)N(C)C2=O)cc(I)c1OCc1ccccc1. The molecule has 0 N–H and O–H groups in total. The molecule has 1 amide bonds. The number of hydrogen-bond donors (Lipinski definition) is 0. The molecule has 0 aromatic heterocycles. The fraction of sp³-hybridized carbons (Fsp3) is 0.120. The lowest BCUT2D eigenvalue weighted by atomic mass is 10.1. The van der Waals surface area contributed by atoms with Crippen LogP contribution in [0.1, 0.15) is 11.1 Å². The Morgan fingerprint density at radius 3 is 2.65 bits per heavy atom. The third-order valence-electron chi connectivity index (χ3n) is 4.91. The minimum Gasteiger partial charge on any atom is -0.493 e. The Kier molecular flexibility index (Phi) is 8.23. The van der Waals surface area contributed by atoms with Crippen molar-refractivity contribution in [2.24, 2.45) is 4.99 Å². The van der Waals surface area contributed by atoms with Crippen LogP contribution in [-0.4, -0.2) is 30.1 Å². The first-order valence-corrected chi connectivity index (χ1v) is 13.2. The van der Waals surface area contributed by atoms with Gasteiger partial charge < -0.3 is 9.47 Å². The molecule has 0 atom stereocenters. The predicted octanol–water partition coefficient (Wildman–Crippen LogP) is 7.53. The van der Waals surface area contributed by atoms with Crippen molar-refractivity contribution >= 4 is 84.7 Å². The van der Waals surface area contributed by atoms with E-state index in [1.807, 2.05) is 60.7 Å². The summed E-state index contributed by atoms with van der Waals surface area (Å²) < 4.78 is 13.3. The second kappa shape index (κ2) is 11.2. The summed E-state index contributed by atoms with van der Waals surface area (Å²) in [5.74, 6) is 1.16. The van der Waals surface area contributed by atoms with Crippen LogP contribution in [0.4, 0.5) is 5.69 Å². The maximum atomic E-state index is 12.9. The summed E-state index contributed by atoms with van der Waals surface area (Å²) in [6, 6.07) is 19.2. The lowest BCUT2D eigenvalue weighted by Gasteiger charge is -2.14. The van der Waals surface area contributed by atoms with Crippen LogP contribution in [0.15, 0.2) is 75.0 Å². The van der Waals surface area contributed by atoms with Crippen LogP contribution in [0.2, 0.25) is 5.02 Å². The molecule has 0 radical (unpaired) electrons. The summed E-state index contributed by atoms with van der Waals surface area (Å²) in [6.45, 7) is 0.437. The van der Waals surface area contributed by atoms with E-state index >= 15 is 0 Å². The number of carbonyl (C=O) groups excluding carboxylic acids is 1. The van der Waals surface area contributed by atoms with Gasteiger partial charge in [-0.25, -0.2) is 4.99 Å². The van der Waals surface area contributed by atoms with E-state index in [9.17, 15) is 4.79 Å². The van der Waals surface area contributed by atoms with Crippen molar-refractivity contribution in [3.63, 3.8) is 0 Å². The molecule has 1 aliphatic rings. The second-order valence-electron chi connectivity index (χ2n) is 7.28. The molecule has 0 bridgehead atoms. The molecule has 9 heteroatoms. The van der Waals surface area contributed by atoms with Gasteiger partial charge in [0.05, 0.1) is 26.3 Å². The Bertz CT molecular complexity index is 1300. The minimum absolute atomic E-state index is 0.120. The van der Waals surface area contributed by atoms with Crippen LogP contribution in [0.25, 0.3) is 6.08 Å². The first-order chi connectivity index (χ1) is 16.4. The molecule has 5 nitrogen and oxygen atoms in total. The maximum Gasteiger partial charge on any atom is 0.266 e. The van der Waals surface area contributed by atoms with Gasteiger partial charge in [0.2, 0.25) is 0 Å². The summed E-state index contributed by atoms with van der Waals surface area (Å²) >= 11 is 13.1. The van der Waals surface area contributed by atoms with Crippen LogP contribution >= 0.6 is 61.9 Å². The quantitative estimate of drug-likeness (QED) is 0.201. The zero-order valence-corrected chi connectivity index (χ0v) is 23.5. The summed E-state index contributed by atoms with van der Waals surface area (Å²) in [6.07, 6.45) is 1.84. The van der Waals surface area contributed by atoms with E-state index in [0.29, 0.717) is 38.9 Å². The first kappa shape index (κ1) is 25.1. The fourth-order valence-corrected chi connectivity index (χ4v) is 5.35. The Morgan fingerprint density at radius 2 is 1.94 bits per heavy atom. The van der Waals surface area contributed by atoms with Crippen molar-refractivity contribution in [2.75, 3.05) is 14.2 Å². The number of ether oxygens (including phenoxy) is 2. The molecule has 0 spiro atoms. The highest BCUT2D eigenvalue weighted by atomic mass is 127. The van der Waals surface area contributed by atoms with E-state index in [4.69, 9.17) is 21.1 Å². The molecule has 174 valence electrons. The highest BCUT2D eigenvalue weighted by Gasteiger charge is 2.30. The molecule has 1 fully saturated rings. The number of likely N-dealkylation sites (N-methyl/N-ethyl adjacent to an activating group) is 1. The zero-order chi connectivity index (χ0) is 24.2. The van der Waals surface area contributed by atoms with Gasteiger partial charge in [0, 0.05) is 11.5 Å². The third-order valence-corrected chi connectivity index (χ3v) is 8.00. The number of methoxy groups -OCH3 is 1. The number of nitrogens with zero attached hydrogens (tertiary/aromatic N) is 2. The number of benzene rings is 3. The number of halogens is 3. The van der Waals surface area contributed by atoms with Crippen molar-refractivity contribution in [2.45, 2.75) is 6.61 Å². The van der Waals surface area contributed by atoms with Crippen molar-refractivity contribution in [3.8, 4) is 11.5 Å². The average molecular weight is 670 g/mol. The zero-order valence-electron chi connectivity index (χ0n) is 18.2. The van der Waals surface area contributed by atoms with Gasteiger partial charge in [-0.15, -0.1) is 0 Å². The summed E-state index contributed by atoms with van der Waals surface area (Å²) in [5, 5.41) is 1.14. The number of carbonyl (C=O) groups is 1. The Balaban J connectivity index is 1.58. The van der Waals surface area contributed by atoms with Crippen molar-refractivity contribution < 1.29 is 14.3 Å². The Labute approximate surface area is 229 Å². The molecule has 1 heterocycles. The molecule has 3 aromatic carbocycles. The second-order valence-corrected chi connectivity index (χ2v) is 10.7. The lowest BCUT2D eigenvalue weighted by molar-refractivity contribution is -0.121. The fourth-order valence-electron chi connectivity index (χ4n) is 3.16. The van der Waals surface area contributed by atoms with Gasteiger partial charge in [-0.2, -0.15) is 0 Å². The van der Waals surface area contributed by atoms with Gasteiger partial charge in [0.15, 0.2) is 16.7 Å². The van der Waals surface area contributed by atoms with E-state index in [-0.39, 0.29) is 5.91 Å². The summed E-state index contributed by atoms with van der Waals surface area (Å²) in [5.41, 5.74) is 2.58. The third kappa shape index (κ3) is 5.79. The highest BCUT2D eigenvalue weighted by Crippen LogP contribution is 2.38. The number of rotatable bonds is 6. The van der Waals surface area contributed by atoms with Gasteiger partial charge in [-0.3, -0.25) is 9.69 Å². The van der Waals surface area contributed by atoms with Crippen molar-refractivity contribution in [1.82, 2.24) is 4.90 Å². The number of aliphatic imine (C=N–C) groups is 1. The van der Waals surface area contributed by atoms with Gasteiger partial charge in [-0.1, -0.05) is 41.9 Å². The van der Waals surface area contributed by atoms with Crippen LogP contribution in [-0.2, 0) is 11.4 Å².